The van der Waals surface area contributed by atoms with E-state index in [0.29, 0.717) is 24.1 Å². The number of likely N-dealkylation sites (N-methyl/N-ethyl adjacent to an activating group) is 1. The minimum Gasteiger partial charge on any atom is -0.439 e. The number of anilines is 1. The summed E-state index contributed by atoms with van der Waals surface area (Å²) in [7, 11) is 4.07. The van der Waals surface area contributed by atoms with Crippen LogP contribution in [0.3, 0.4) is 0 Å². The van der Waals surface area contributed by atoms with Crippen molar-refractivity contribution in [2.75, 3.05) is 26.0 Å². The van der Waals surface area contributed by atoms with E-state index in [-0.39, 0.29) is 11.9 Å². The van der Waals surface area contributed by atoms with Gasteiger partial charge in [0.1, 0.15) is 11.6 Å². The Morgan fingerprint density at radius 2 is 1.77 bits per heavy atom. The fraction of sp³-hybridized carbons (Fsp3) is 0.200. The van der Waals surface area contributed by atoms with Crippen LogP contribution in [-0.4, -0.2) is 35.5 Å². The molecule has 134 valence electrons. The minimum atomic E-state index is -0.307. The number of halogens is 1. The highest BCUT2D eigenvalue weighted by Crippen LogP contribution is 2.21. The van der Waals surface area contributed by atoms with Crippen LogP contribution in [-0.2, 0) is 0 Å². The molecule has 1 heterocycles. The third kappa shape index (κ3) is 4.77. The van der Waals surface area contributed by atoms with Crippen LogP contribution in [0.25, 0.3) is 0 Å². The topological polar surface area (TPSA) is 50.3 Å². The van der Waals surface area contributed by atoms with E-state index >= 15 is 0 Å². The molecule has 0 aliphatic heterocycles. The summed E-state index contributed by atoms with van der Waals surface area (Å²) in [5.41, 5.74) is 1.21. The number of ether oxygens (including phenoxy) is 1. The monoisotopic (exact) mass is 352 g/mol. The van der Waals surface area contributed by atoms with Gasteiger partial charge in [-0.15, -0.1) is 0 Å². The van der Waals surface area contributed by atoms with E-state index in [1.165, 1.54) is 17.7 Å². The van der Waals surface area contributed by atoms with Crippen LogP contribution in [0.5, 0.6) is 11.6 Å². The third-order valence-electron chi connectivity index (χ3n) is 3.93. The molecule has 1 N–H and O–H groups in total. The van der Waals surface area contributed by atoms with Crippen LogP contribution >= 0.6 is 0 Å². The van der Waals surface area contributed by atoms with Gasteiger partial charge in [0.2, 0.25) is 11.8 Å². The molecule has 0 saturated carbocycles. The van der Waals surface area contributed by atoms with Gasteiger partial charge in [-0.05, 0) is 43.9 Å². The zero-order chi connectivity index (χ0) is 18.4. The zero-order valence-electron chi connectivity index (χ0n) is 14.8. The minimum absolute atomic E-state index is 0.182. The molecule has 0 aliphatic carbocycles. The predicted molar refractivity (Wildman–Crippen MR) is 99.9 cm³/mol. The lowest BCUT2D eigenvalue weighted by atomic mass is 10.1. The molecule has 26 heavy (non-hydrogen) atoms. The first-order chi connectivity index (χ1) is 12.6. The summed E-state index contributed by atoms with van der Waals surface area (Å²) in [6, 6.07) is 17.9. The van der Waals surface area contributed by atoms with Gasteiger partial charge in [0.25, 0.3) is 0 Å². The highest BCUT2D eigenvalue weighted by Gasteiger charge is 2.14. The highest BCUT2D eigenvalue weighted by molar-refractivity contribution is 5.32. The maximum Gasteiger partial charge on any atom is 0.226 e. The number of nitrogens with one attached hydrogen (secondary N) is 1. The molecule has 6 heteroatoms. The van der Waals surface area contributed by atoms with E-state index in [1.807, 2.05) is 32.3 Å². The van der Waals surface area contributed by atoms with E-state index in [0.717, 1.165) is 0 Å². The van der Waals surface area contributed by atoms with Gasteiger partial charge < -0.3 is 15.0 Å². The Hall–Kier alpha value is -2.99. The SMILES string of the molecule is CN(C)C(CNc1nccc(Oc2ccc(F)cc2)n1)c1ccccc1. The molecule has 3 rings (SSSR count). The Morgan fingerprint density at radius 3 is 2.46 bits per heavy atom. The largest absolute Gasteiger partial charge is 0.439 e. The van der Waals surface area contributed by atoms with E-state index in [2.05, 4.69) is 32.3 Å². The van der Waals surface area contributed by atoms with E-state index in [1.54, 1.807) is 24.4 Å². The second-order valence-electron chi connectivity index (χ2n) is 6.05. The van der Waals surface area contributed by atoms with Crippen LogP contribution in [0.2, 0.25) is 0 Å². The van der Waals surface area contributed by atoms with Gasteiger partial charge in [0.15, 0.2) is 0 Å². The Labute approximate surface area is 152 Å². The van der Waals surface area contributed by atoms with Crippen molar-refractivity contribution < 1.29 is 9.13 Å². The van der Waals surface area contributed by atoms with Crippen molar-refractivity contribution >= 4 is 5.95 Å². The quantitative estimate of drug-likeness (QED) is 0.693. The average molecular weight is 352 g/mol. The van der Waals surface area contributed by atoms with Gasteiger partial charge in [0, 0.05) is 18.8 Å². The zero-order valence-corrected chi connectivity index (χ0v) is 14.8. The molecular weight excluding hydrogens is 331 g/mol. The Bertz CT molecular complexity index is 825. The summed E-state index contributed by atoms with van der Waals surface area (Å²) in [6.45, 7) is 0.650. The summed E-state index contributed by atoms with van der Waals surface area (Å²) in [4.78, 5) is 10.7. The van der Waals surface area contributed by atoms with Crippen molar-refractivity contribution in [2.45, 2.75) is 6.04 Å². The lowest BCUT2D eigenvalue weighted by molar-refractivity contribution is 0.311. The molecule has 0 bridgehead atoms. The Morgan fingerprint density at radius 1 is 1.04 bits per heavy atom. The van der Waals surface area contributed by atoms with E-state index < -0.39 is 0 Å². The van der Waals surface area contributed by atoms with Gasteiger partial charge in [-0.25, -0.2) is 9.37 Å². The second-order valence-corrected chi connectivity index (χ2v) is 6.05. The van der Waals surface area contributed by atoms with Crippen molar-refractivity contribution in [3.8, 4) is 11.6 Å². The van der Waals surface area contributed by atoms with Crippen molar-refractivity contribution in [3.05, 3.63) is 78.2 Å². The molecule has 5 nitrogen and oxygen atoms in total. The molecule has 0 saturated heterocycles. The molecule has 2 aromatic carbocycles. The molecule has 1 unspecified atom stereocenters. The van der Waals surface area contributed by atoms with Gasteiger partial charge in [-0.2, -0.15) is 4.98 Å². The van der Waals surface area contributed by atoms with Gasteiger partial charge in [-0.1, -0.05) is 30.3 Å². The third-order valence-corrected chi connectivity index (χ3v) is 3.93. The number of hydrogen-bond donors (Lipinski definition) is 1. The molecule has 0 radical (unpaired) electrons. The average Bonchev–Trinajstić information content (AvgIpc) is 2.65. The fourth-order valence-electron chi connectivity index (χ4n) is 2.57. The smallest absolute Gasteiger partial charge is 0.226 e. The normalized spacial score (nSPS) is 12.0. The van der Waals surface area contributed by atoms with E-state index in [9.17, 15) is 4.39 Å². The molecule has 0 aliphatic rings. The summed E-state index contributed by atoms with van der Waals surface area (Å²) >= 11 is 0. The van der Waals surface area contributed by atoms with Crippen molar-refractivity contribution in [1.29, 1.82) is 0 Å². The summed E-state index contributed by atoms with van der Waals surface area (Å²) in [6.07, 6.45) is 1.63. The maximum atomic E-state index is 13.0. The lowest BCUT2D eigenvalue weighted by Crippen LogP contribution is -2.27. The summed E-state index contributed by atoms with van der Waals surface area (Å²) in [5.74, 6) is 1.09. The molecule has 1 atom stereocenters. The van der Waals surface area contributed by atoms with Gasteiger partial charge in [-0.3, -0.25) is 0 Å². The van der Waals surface area contributed by atoms with Crippen molar-refractivity contribution in [1.82, 2.24) is 14.9 Å². The van der Waals surface area contributed by atoms with Crippen LogP contribution in [0.1, 0.15) is 11.6 Å². The number of rotatable bonds is 7. The molecule has 0 spiro atoms. The number of hydrogen-bond acceptors (Lipinski definition) is 5. The molecule has 1 aromatic heterocycles. The fourth-order valence-corrected chi connectivity index (χ4v) is 2.57. The first-order valence-corrected chi connectivity index (χ1v) is 8.33. The Balaban J connectivity index is 1.67. The number of nitrogens with zero attached hydrogens (tertiary/aromatic N) is 3. The number of benzene rings is 2. The first-order valence-electron chi connectivity index (χ1n) is 8.33. The summed E-state index contributed by atoms with van der Waals surface area (Å²) in [5, 5.41) is 3.26. The highest BCUT2D eigenvalue weighted by atomic mass is 19.1. The second kappa shape index (κ2) is 8.40. The van der Waals surface area contributed by atoms with Crippen molar-refractivity contribution in [3.63, 3.8) is 0 Å². The van der Waals surface area contributed by atoms with Crippen LogP contribution in [0, 0.1) is 5.82 Å². The van der Waals surface area contributed by atoms with Crippen LogP contribution in [0.4, 0.5) is 10.3 Å². The maximum absolute atomic E-state index is 13.0. The van der Waals surface area contributed by atoms with Gasteiger partial charge in [0.05, 0.1) is 6.04 Å². The molecular formula is C20H21FN4O. The van der Waals surface area contributed by atoms with Gasteiger partial charge >= 0.3 is 0 Å². The lowest BCUT2D eigenvalue weighted by Gasteiger charge is -2.25. The van der Waals surface area contributed by atoms with Crippen molar-refractivity contribution in [2.24, 2.45) is 0 Å². The molecule has 3 aromatic rings. The predicted octanol–water partition coefficient (Wildman–Crippen LogP) is 4.12. The van der Waals surface area contributed by atoms with E-state index in [4.69, 9.17) is 4.74 Å². The Kier molecular flexibility index (Phi) is 5.76. The van der Waals surface area contributed by atoms with Crippen LogP contribution in [0.15, 0.2) is 66.9 Å². The molecule has 0 amide bonds. The van der Waals surface area contributed by atoms with Crippen LogP contribution < -0.4 is 10.1 Å². The molecule has 0 fully saturated rings. The standard InChI is InChI=1S/C20H21FN4O/c1-25(2)18(15-6-4-3-5-7-15)14-23-20-22-13-12-19(24-20)26-17-10-8-16(21)9-11-17/h3-13,18H,14H2,1-2H3,(H,22,23,24). The first kappa shape index (κ1) is 17.8. The summed E-state index contributed by atoms with van der Waals surface area (Å²) < 4.78 is 18.6. The number of aromatic nitrogens is 2.